The highest BCUT2D eigenvalue weighted by Gasteiger charge is 2.27. The molecule has 2 N–H and O–H groups in total. The standard InChI is InChI=1S/C10H17N3O/c1-2-9(6-11)13-5-3-4-8(7-13)10(12)14/h8-9H,2-5,7H2,1H3,(H2,12,14). The van der Waals surface area contributed by atoms with Crippen LogP contribution in [0, 0.1) is 17.2 Å². The summed E-state index contributed by atoms with van der Waals surface area (Å²) in [6, 6.07) is 2.20. The van der Waals surface area contributed by atoms with E-state index in [-0.39, 0.29) is 17.9 Å². The molecule has 4 heteroatoms. The minimum Gasteiger partial charge on any atom is -0.369 e. The lowest BCUT2D eigenvalue weighted by Gasteiger charge is -2.33. The number of primary amides is 1. The number of carbonyl (C=O) groups is 1. The van der Waals surface area contributed by atoms with E-state index in [0.717, 1.165) is 25.8 Å². The van der Waals surface area contributed by atoms with E-state index in [1.165, 1.54) is 0 Å². The summed E-state index contributed by atoms with van der Waals surface area (Å²) in [6.07, 6.45) is 2.64. The number of nitrogens with two attached hydrogens (primary N) is 1. The maximum absolute atomic E-state index is 11.0. The topological polar surface area (TPSA) is 70.1 Å². The van der Waals surface area contributed by atoms with Gasteiger partial charge in [0.05, 0.1) is 18.0 Å². The highest BCUT2D eigenvalue weighted by atomic mass is 16.1. The third-order valence-corrected chi connectivity index (χ3v) is 2.83. The van der Waals surface area contributed by atoms with Crippen molar-refractivity contribution in [2.45, 2.75) is 32.2 Å². The van der Waals surface area contributed by atoms with Gasteiger partial charge in [0.1, 0.15) is 0 Å². The molecule has 0 bridgehead atoms. The quantitative estimate of drug-likeness (QED) is 0.712. The molecule has 0 saturated carbocycles. The Hall–Kier alpha value is -1.08. The summed E-state index contributed by atoms with van der Waals surface area (Å²) in [5.74, 6) is -0.298. The van der Waals surface area contributed by atoms with Crippen molar-refractivity contribution in [3.05, 3.63) is 0 Å². The van der Waals surface area contributed by atoms with E-state index >= 15 is 0 Å². The largest absolute Gasteiger partial charge is 0.369 e. The first-order valence-electron chi connectivity index (χ1n) is 5.12. The van der Waals surface area contributed by atoms with Crippen LogP contribution in [0.1, 0.15) is 26.2 Å². The van der Waals surface area contributed by atoms with Crippen molar-refractivity contribution in [1.29, 1.82) is 5.26 Å². The molecule has 0 aromatic carbocycles. The van der Waals surface area contributed by atoms with Crippen molar-refractivity contribution < 1.29 is 4.79 Å². The molecule has 1 rings (SSSR count). The van der Waals surface area contributed by atoms with Crippen LogP contribution in [0.4, 0.5) is 0 Å². The van der Waals surface area contributed by atoms with Gasteiger partial charge in [0, 0.05) is 6.54 Å². The van der Waals surface area contributed by atoms with Gasteiger partial charge in [-0.2, -0.15) is 5.26 Å². The van der Waals surface area contributed by atoms with Crippen LogP contribution in [0.15, 0.2) is 0 Å². The predicted octanol–water partition coefficient (Wildman–Crippen LogP) is 0.486. The summed E-state index contributed by atoms with van der Waals surface area (Å²) < 4.78 is 0. The number of hydrogen-bond donors (Lipinski definition) is 1. The van der Waals surface area contributed by atoms with Gasteiger partial charge in [-0.1, -0.05) is 6.92 Å². The summed E-state index contributed by atoms with van der Waals surface area (Å²) in [4.78, 5) is 13.1. The maximum atomic E-state index is 11.0. The zero-order valence-corrected chi connectivity index (χ0v) is 8.57. The van der Waals surface area contributed by atoms with Crippen LogP contribution < -0.4 is 5.73 Å². The Labute approximate surface area is 84.7 Å². The van der Waals surface area contributed by atoms with Crippen LogP contribution in [-0.2, 0) is 4.79 Å². The minimum absolute atomic E-state index is 0.0582. The van der Waals surface area contributed by atoms with Gasteiger partial charge in [0.25, 0.3) is 0 Å². The van der Waals surface area contributed by atoms with Crippen LogP contribution in [0.3, 0.4) is 0 Å². The van der Waals surface area contributed by atoms with E-state index in [0.29, 0.717) is 6.54 Å². The zero-order chi connectivity index (χ0) is 10.6. The minimum atomic E-state index is -0.234. The third kappa shape index (κ3) is 2.46. The van der Waals surface area contributed by atoms with Crippen molar-refractivity contribution in [2.75, 3.05) is 13.1 Å². The highest BCUT2D eigenvalue weighted by Crippen LogP contribution is 2.18. The maximum Gasteiger partial charge on any atom is 0.221 e. The van der Waals surface area contributed by atoms with E-state index < -0.39 is 0 Å². The summed E-state index contributed by atoms with van der Waals surface area (Å²) >= 11 is 0. The van der Waals surface area contributed by atoms with Crippen LogP contribution in [0.2, 0.25) is 0 Å². The summed E-state index contributed by atoms with van der Waals surface area (Å²) in [5.41, 5.74) is 5.26. The van der Waals surface area contributed by atoms with Gasteiger partial charge < -0.3 is 5.73 Å². The first kappa shape index (κ1) is 11.0. The number of piperidine rings is 1. The number of nitrogens with zero attached hydrogens (tertiary/aromatic N) is 2. The summed E-state index contributed by atoms with van der Waals surface area (Å²) in [6.45, 7) is 3.55. The van der Waals surface area contributed by atoms with Crippen LogP contribution >= 0.6 is 0 Å². The number of likely N-dealkylation sites (tertiary alicyclic amines) is 1. The highest BCUT2D eigenvalue weighted by molar-refractivity contribution is 5.76. The van der Waals surface area contributed by atoms with Crippen molar-refractivity contribution in [3.63, 3.8) is 0 Å². The van der Waals surface area contributed by atoms with E-state index in [9.17, 15) is 4.79 Å². The molecule has 2 unspecified atom stereocenters. The normalized spacial score (nSPS) is 25.3. The molecular formula is C10H17N3O. The molecule has 1 saturated heterocycles. The lowest BCUT2D eigenvalue weighted by Crippen LogP contribution is -2.45. The van der Waals surface area contributed by atoms with Crippen molar-refractivity contribution in [2.24, 2.45) is 11.7 Å². The number of carbonyl (C=O) groups excluding carboxylic acids is 1. The molecule has 0 spiro atoms. The SMILES string of the molecule is CCC(C#N)N1CCCC(C(N)=O)C1. The number of hydrogen-bond acceptors (Lipinski definition) is 3. The van der Waals surface area contributed by atoms with Gasteiger partial charge in [-0.15, -0.1) is 0 Å². The Bertz CT molecular complexity index is 246. The molecule has 0 aromatic heterocycles. The average Bonchev–Trinajstić information content (AvgIpc) is 2.20. The molecule has 1 fully saturated rings. The van der Waals surface area contributed by atoms with Gasteiger partial charge in [0.2, 0.25) is 5.91 Å². The second kappa shape index (κ2) is 4.97. The van der Waals surface area contributed by atoms with E-state index in [4.69, 9.17) is 11.0 Å². The number of amides is 1. The molecule has 4 nitrogen and oxygen atoms in total. The molecule has 0 radical (unpaired) electrons. The molecule has 2 atom stereocenters. The molecular weight excluding hydrogens is 178 g/mol. The summed E-state index contributed by atoms with van der Waals surface area (Å²) in [5, 5.41) is 8.90. The van der Waals surface area contributed by atoms with Gasteiger partial charge >= 0.3 is 0 Å². The number of nitriles is 1. The molecule has 1 aliphatic rings. The molecule has 0 aromatic rings. The summed E-state index contributed by atoms with van der Waals surface area (Å²) in [7, 11) is 0. The molecule has 78 valence electrons. The molecule has 1 amide bonds. The van der Waals surface area contributed by atoms with E-state index in [1.54, 1.807) is 0 Å². The van der Waals surface area contributed by atoms with Crippen molar-refractivity contribution >= 4 is 5.91 Å². The smallest absolute Gasteiger partial charge is 0.221 e. The van der Waals surface area contributed by atoms with Crippen molar-refractivity contribution in [1.82, 2.24) is 4.90 Å². The second-order valence-corrected chi connectivity index (χ2v) is 3.79. The van der Waals surface area contributed by atoms with Crippen molar-refractivity contribution in [3.8, 4) is 6.07 Å². The number of rotatable bonds is 3. The second-order valence-electron chi connectivity index (χ2n) is 3.79. The fourth-order valence-corrected chi connectivity index (χ4v) is 1.95. The van der Waals surface area contributed by atoms with E-state index in [2.05, 4.69) is 11.0 Å². The molecule has 14 heavy (non-hydrogen) atoms. The van der Waals surface area contributed by atoms with Gasteiger partial charge in [-0.25, -0.2) is 0 Å². The molecule has 1 heterocycles. The Kier molecular flexibility index (Phi) is 3.90. The first-order chi connectivity index (χ1) is 6.69. The Morgan fingerprint density at radius 1 is 1.79 bits per heavy atom. The van der Waals surface area contributed by atoms with E-state index in [1.807, 2.05) is 6.92 Å². The Morgan fingerprint density at radius 2 is 2.50 bits per heavy atom. The van der Waals surface area contributed by atoms with Gasteiger partial charge in [-0.3, -0.25) is 9.69 Å². The predicted molar refractivity (Wildman–Crippen MR) is 53.2 cm³/mol. The third-order valence-electron chi connectivity index (χ3n) is 2.83. The fourth-order valence-electron chi connectivity index (χ4n) is 1.95. The van der Waals surface area contributed by atoms with Crippen LogP contribution in [-0.4, -0.2) is 29.9 Å². The molecule has 0 aliphatic carbocycles. The Balaban J connectivity index is 2.55. The van der Waals surface area contributed by atoms with Gasteiger partial charge in [0.15, 0.2) is 0 Å². The molecule has 1 aliphatic heterocycles. The lowest BCUT2D eigenvalue weighted by atomic mass is 9.96. The van der Waals surface area contributed by atoms with Gasteiger partial charge in [-0.05, 0) is 25.8 Å². The zero-order valence-electron chi connectivity index (χ0n) is 8.57. The monoisotopic (exact) mass is 195 g/mol. The lowest BCUT2D eigenvalue weighted by molar-refractivity contribution is -0.123. The average molecular weight is 195 g/mol. The van der Waals surface area contributed by atoms with Crippen LogP contribution in [0.5, 0.6) is 0 Å². The fraction of sp³-hybridized carbons (Fsp3) is 0.800. The van der Waals surface area contributed by atoms with Crippen LogP contribution in [0.25, 0.3) is 0 Å². The first-order valence-corrected chi connectivity index (χ1v) is 5.12. The Morgan fingerprint density at radius 3 is 3.00 bits per heavy atom.